The van der Waals surface area contributed by atoms with E-state index in [2.05, 4.69) is 25.8 Å². The van der Waals surface area contributed by atoms with Gasteiger partial charge in [-0.05, 0) is 32.6 Å². The molecule has 0 spiro atoms. The Labute approximate surface area is 127 Å². The maximum atomic E-state index is 5.44. The highest BCUT2D eigenvalue weighted by atomic mass is 16.5. The van der Waals surface area contributed by atoms with Crippen molar-refractivity contribution in [3.8, 4) is 0 Å². The van der Waals surface area contributed by atoms with Crippen molar-refractivity contribution in [2.75, 3.05) is 50.8 Å². The molecule has 1 aromatic heterocycles. The predicted octanol–water partition coefficient (Wildman–Crippen LogP) is 1.64. The summed E-state index contributed by atoms with van der Waals surface area (Å²) < 4.78 is 5.44. The van der Waals surface area contributed by atoms with Crippen LogP contribution in [0.2, 0.25) is 0 Å². The van der Waals surface area contributed by atoms with E-state index in [1.807, 2.05) is 13.8 Å². The third-order valence-corrected chi connectivity index (χ3v) is 4.42. The van der Waals surface area contributed by atoms with Crippen molar-refractivity contribution < 1.29 is 4.74 Å². The number of morpholine rings is 1. The Morgan fingerprint density at radius 2 is 2.00 bits per heavy atom. The molecule has 0 bridgehead atoms. The molecule has 1 aromatic rings. The van der Waals surface area contributed by atoms with E-state index in [-0.39, 0.29) is 0 Å². The van der Waals surface area contributed by atoms with E-state index in [1.165, 1.54) is 19.4 Å². The van der Waals surface area contributed by atoms with Gasteiger partial charge in [-0.15, -0.1) is 0 Å². The summed E-state index contributed by atoms with van der Waals surface area (Å²) in [6.07, 6.45) is 2.59. The number of nitrogens with zero attached hydrogens (tertiary/aromatic N) is 4. The fourth-order valence-electron chi connectivity index (χ4n) is 3.43. The smallest absolute Gasteiger partial charge is 0.132 e. The second kappa shape index (κ2) is 6.71. The van der Waals surface area contributed by atoms with Crippen LogP contribution in [0.1, 0.15) is 24.4 Å². The third kappa shape index (κ3) is 3.92. The molecule has 0 aliphatic carbocycles. The number of hydrogen-bond acceptors (Lipinski definition) is 5. The average Bonchev–Trinajstić information content (AvgIpc) is 2.47. The zero-order valence-electron chi connectivity index (χ0n) is 13.2. The van der Waals surface area contributed by atoms with Crippen LogP contribution in [0, 0.1) is 19.8 Å². The average molecular weight is 290 g/mol. The van der Waals surface area contributed by atoms with Gasteiger partial charge in [-0.1, -0.05) is 0 Å². The van der Waals surface area contributed by atoms with Crippen LogP contribution in [0.15, 0.2) is 6.07 Å². The fourth-order valence-corrected chi connectivity index (χ4v) is 3.43. The second-order valence-electron chi connectivity index (χ2n) is 6.28. The van der Waals surface area contributed by atoms with Crippen LogP contribution in [0.5, 0.6) is 0 Å². The van der Waals surface area contributed by atoms with Crippen molar-refractivity contribution in [1.82, 2.24) is 14.9 Å². The van der Waals surface area contributed by atoms with E-state index in [0.29, 0.717) is 0 Å². The van der Waals surface area contributed by atoms with E-state index < -0.39 is 0 Å². The summed E-state index contributed by atoms with van der Waals surface area (Å²) in [6.45, 7) is 11.4. The van der Waals surface area contributed by atoms with Crippen LogP contribution in [0.25, 0.3) is 0 Å². The van der Waals surface area contributed by atoms with Crippen LogP contribution in [0.4, 0.5) is 5.82 Å². The van der Waals surface area contributed by atoms with Crippen molar-refractivity contribution in [3.63, 3.8) is 0 Å². The maximum Gasteiger partial charge on any atom is 0.132 e. The first-order chi connectivity index (χ1) is 10.2. The van der Waals surface area contributed by atoms with Gasteiger partial charge in [-0.25, -0.2) is 9.97 Å². The minimum absolute atomic E-state index is 0.743. The highest BCUT2D eigenvalue weighted by Crippen LogP contribution is 2.23. The van der Waals surface area contributed by atoms with Crippen LogP contribution in [-0.4, -0.2) is 60.8 Å². The molecule has 1 unspecified atom stereocenters. The molecule has 3 heterocycles. The Kier molecular flexibility index (Phi) is 4.70. The summed E-state index contributed by atoms with van der Waals surface area (Å²) in [5, 5.41) is 0. The first kappa shape index (κ1) is 14.7. The van der Waals surface area contributed by atoms with Gasteiger partial charge in [0.15, 0.2) is 0 Å². The van der Waals surface area contributed by atoms with Crippen LogP contribution < -0.4 is 4.90 Å². The number of aryl methyl sites for hydroxylation is 2. The second-order valence-corrected chi connectivity index (χ2v) is 6.28. The zero-order chi connectivity index (χ0) is 14.7. The minimum atomic E-state index is 0.743. The van der Waals surface area contributed by atoms with E-state index in [1.54, 1.807) is 0 Å². The van der Waals surface area contributed by atoms with Gasteiger partial charge in [0.05, 0.1) is 13.2 Å². The molecule has 0 amide bonds. The Balaban J connectivity index is 1.62. The molecule has 2 saturated heterocycles. The standard InChI is InChI=1S/C16H26N4O/c1-13-10-16(18-14(2)17-13)20-5-3-4-15(12-20)11-19-6-8-21-9-7-19/h10,15H,3-9,11-12H2,1-2H3. The first-order valence-electron chi connectivity index (χ1n) is 8.08. The van der Waals surface area contributed by atoms with Gasteiger partial charge in [-0.2, -0.15) is 0 Å². The van der Waals surface area contributed by atoms with Crippen LogP contribution >= 0.6 is 0 Å². The number of ether oxygens (including phenoxy) is 1. The van der Waals surface area contributed by atoms with E-state index in [9.17, 15) is 0 Å². The lowest BCUT2D eigenvalue weighted by atomic mass is 9.97. The Morgan fingerprint density at radius 1 is 1.19 bits per heavy atom. The van der Waals surface area contributed by atoms with Gasteiger partial charge < -0.3 is 9.64 Å². The summed E-state index contributed by atoms with van der Waals surface area (Å²) in [4.78, 5) is 14.0. The summed E-state index contributed by atoms with van der Waals surface area (Å²) in [5.41, 5.74) is 1.06. The molecule has 116 valence electrons. The minimum Gasteiger partial charge on any atom is -0.379 e. The zero-order valence-corrected chi connectivity index (χ0v) is 13.2. The lowest BCUT2D eigenvalue weighted by Gasteiger charge is -2.37. The first-order valence-corrected chi connectivity index (χ1v) is 8.08. The summed E-state index contributed by atoms with van der Waals surface area (Å²) in [7, 11) is 0. The van der Waals surface area contributed by atoms with E-state index in [0.717, 1.165) is 62.6 Å². The van der Waals surface area contributed by atoms with Crippen molar-refractivity contribution in [3.05, 3.63) is 17.6 Å². The highest BCUT2D eigenvalue weighted by Gasteiger charge is 2.24. The molecule has 2 fully saturated rings. The topological polar surface area (TPSA) is 41.5 Å². The molecule has 0 saturated carbocycles. The van der Waals surface area contributed by atoms with Gasteiger partial charge >= 0.3 is 0 Å². The normalized spacial score (nSPS) is 24.3. The highest BCUT2D eigenvalue weighted by molar-refractivity contribution is 5.40. The van der Waals surface area contributed by atoms with Gasteiger partial charge in [0.25, 0.3) is 0 Å². The Morgan fingerprint density at radius 3 is 2.76 bits per heavy atom. The quantitative estimate of drug-likeness (QED) is 0.846. The molecule has 3 rings (SSSR count). The molecule has 1 atom stereocenters. The molecular formula is C16H26N4O. The molecule has 2 aliphatic heterocycles. The number of aromatic nitrogens is 2. The predicted molar refractivity (Wildman–Crippen MR) is 83.7 cm³/mol. The molecule has 0 N–H and O–H groups in total. The lowest BCUT2D eigenvalue weighted by molar-refractivity contribution is 0.0296. The van der Waals surface area contributed by atoms with E-state index >= 15 is 0 Å². The number of rotatable bonds is 3. The summed E-state index contributed by atoms with van der Waals surface area (Å²) >= 11 is 0. The fraction of sp³-hybridized carbons (Fsp3) is 0.750. The number of piperidine rings is 1. The van der Waals surface area contributed by atoms with Gasteiger partial charge in [0, 0.05) is 44.5 Å². The molecule has 0 aromatic carbocycles. The lowest BCUT2D eigenvalue weighted by Crippen LogP contribution is -2.44. The molecule has 2 aliphatic rings. The van der Waals surface area contributed by atoms with Gasteiger partial charge in [-0.3, -0.25) is 4.90 Å². The number of anilines is 1. The van der Waals surface area contributed by atoms with Crippen LogP contribution in [0.3, 0.4) is 0 Å². The largest absolute Gasteiger partial charge is 0.379 e. The molecule has 21 heavy (non-hydrogen) atoms. The molecule has 5 heteroatoms. The van der Waals surface area contributed by atoms with Crippen molar-refractivity contribution in [2.45, 2.75) is 26.7 Å². The molecular weight excluding hydrogens is 264 g/mol. The molecule has 0 radical (unpaired) electrons. The number of hydrogen-bond donors (Lipinski definition) is 0. The van der Waals surface area contributed by atoms with Crippen molar-refractivity contribution in [1.29, 1.82) is 0 Å². The Hall–Kier alpha value is -1.20. The van der Waals surface area contributed by atoms with Crippen molar-refractivity contribution in [2.24, 2.45) is 5.92 Å². The summed E-state index contributed by atoms with van der Waals surface area (Å²) in [6, 6.07) is 2.12. The van der Waals surface area contributed by atoms with E-state index in [4.69, 9.17) is 4.74 Å². The monoisotopic (exact) mass is 290 g/mol. The summed E-state index contributed by atoms with van der Waals surface area (Å²) in [5.74, 6) is 2.72. The van der Waals surface area contributed by atoms with Crippen molar-refractivity contribution >= 4 is 5.82 Å². The SMILES string of the molecule is Cc1cc(N2CCCC(CN3CCOCC3)C2)nc(C)n1. The van der Waals surface area contributed by atoms with Gasteiger partial charge in [0.1, 0.15) is 11.6 Å². The Bertz CT molecular complexity index is 453. The molecule has 5 nitrogen and oxygen atoms in total. The third-order valence-electron chi connectivity index (χ3n) is 4.42. The maximum absolute atomic E-state index is 5.44. The van der Waals surface area contributed by atoms with Crippen LogP contribution in [-0.2, 0) is 4.74 Å². The van der Waals surface area contributed by atoms with Gasteiger partial charge in [0.2, 0.25) is 0 Å².